The van der Waals surface area contributed by atoms with Crippen molar-refractivity contribution < 1.29 is 26.7 Å². The highest BCUT2D eigenvalue weighted by Gasteiger charge is 2.56. The second-order valence-electron chi connectivity index (χ2n) is 5.09. The molecule has 1 saturated heterocycles. The van der Waals surface area contributed by atoms with Gasteiger partial charge in [-0.05, 0) is 20.8 Å². The number of carbonyl (C=O) groups is 1. The highest BCUT2D eigenvalue weighted by Crippen LogP contribution is 2.34. The fraction of sp³-hybridized carbons (Fsp3) is 0.889. The van der Waals surface area contributed by atoms with Crippen LogP contribution in [0.5, 0.6) is 0 Å². The van der Waals surface area contributed by atoms with Crippen molar-refractivity contribution >= 4 is 25.8 Å². The topological polar surface area (TPSA) is 63.7 Å². The van der Waals surface area contributed by atoms with Crippen LogP contribution in [0.4, 0.5) is 13.6 Å². The average Bonchev–Trinajstić information content (AvgIpc) is 2.37. The minimum Gasteiger partial charge on any atom is -0.444 e. The van der Waals surface area contributed by atoms with Gasteiger partial charge in [0.1, 0.15) is 5.60 Å². The summed E-state index contributed by atoms with van der Waals surface area (Å²) in [5.41, 5.74) is -0.843. The maximum atomic E-state index is 13.4. The summed E-state index contributed by atoms with van der Waals surface area (Å²) in [5, 5.41) is -2.10. The summed E-state index contributed by atoms with van der Waals surface area (Å²) in [7, 11) is 0.493. The summed E-state index contributed by atoms with van der Waals surface area (Å²) in [6.07, 6.45) is -0.981. The molecule has 1 atom stereocenters. The summed E-state index contributed by atoms with van der Waals surface area (Å²) in [6.45, 7) is 3.05. The van der Waals surface area contributed by atoms with Crippen molar-refractivity contribution in [3.63, 3.8) is 0 Å². The third-order valence-electron chi connectivity index (χ3n) is 2.25. The van der Waals surface area contributed by atoms with E-state index in [1.54, 1.807) is 20.8 Å². The molecule has 18 heavy (non-hydrogen) atoms. The quantitative estimate of drug-likeness (QED) is 0.693. The molecule has 1 rings (SSSR count). The van der Waals surface area contributed by atoms with Gasteiger partial charge >= 0.3 is 6.09 Å². The SMILES string of the molecule is CC(C)(C)OC(=O)N1CC(S(=O)(=O)Cl)C(F)(F)C1. The lowest BCUT2D eigenvalue weighted by Crippen LogP contribution is -2.36. The largest absolute Gasteiger partial charge is 0.444 e. The van der Waals surface area contributed by atoms with Crippen molar-refractivity contribution in [3.8, 4) is 0 Å². The van der Waals surface area contributed by atoms with Crippen LogP contribution in [0.25, 0.3) is 0 Å². The van der Waals surface area contributed by atoms with Crippen LogP contribution in [-0.2, 0) is 13.8 Å². The lowest BCUT2D eigenvalue weighted by atomic mass is 10.2. The molecular formula is C9H14ClF2NO4S. The van der Waals surface area contributed by atoms with Crippen LogP contribution in [0.3, 0.4) is 0 Å². The summed E-state index contributed by atoms with van der Waals surface area (Å²) in [4.78, 5) is 12.2. The molecule has 106 valence electrons. The van der Waals surface area contributed by atoms with Crippen molar-refractivity contribution in [2.24, 2.45) is 0 Å². The Morgan fingerprint density at radius 1 is 1.44 bits per heavy atom. The third kappa shape index (κ3) is 3.68. The molecule has 0 bridgehead atoms. The summed E-state index contributed by atoms with van der Waals surface area (Å²) in [5.74, 6) is -3.57. The minimum absolute atomic E-state index is 0.649. The number of alkyl halides is 2. The van der Waals surface area contributed by atoms with E-state index in [1.165, 1.54) is 0 Å². The molecule has 0 aromatic carbocycles. The highest BCUT2D eigenvalue weighted by atomic mass is 35.7. The van der Waals surface area contributed by atoms with Gasteiger partial charge < -0.3 is 9.64 Å². The zero-order valence-corrected chi connectivity index (χ0v) is 11.7. The second-order valence-corrected chi connectivity index (χ2v) is 7.90. The predicted molar refractivity (Wildman–Crippen MR) is 61.3 cm³/mol. The van der Waals surface area contributed by atoms with E-state index in [0.29, 0.717) is 4.90 Å². The Labute approximate surface area is 108 Å². The maximum absolute atomic E-state index is 13.4. The van der Waals surface area contributed by atoms with Gasteiger partial charge in [0.2, 0.25) is 9.05 Å². The van der Waals surface area contributed by atoms with Crippen LogP contribution in [0.1, 0.15) is 20.8 Å². The molecule has 0 N–H and O–H groups in total. The van der Waals surface area contributed by atoms with Crippen molar-refractivity contribution in [1.82, 2.24) is 4.90 Å². The zero-order valence-electron chi connectivity index (χ0n) is 10.1. The Bertz CT molecular complexity index is 446. The van der Waals surface area contributed by atoms with E-state index in [0.717, 1.165) is 0 Å². The van der Waals surface area contributed by atoms with E-state index in [2.05, 4.69) is 0 Å². The van der Waals surface area contributed by atoms with Gasteiger partial charge in [0.05, 0.1) is 6.54 Å². The molecule has 1 aliphatic heterocycles. The number of hydrogen-bond acceptors (Lipinski definition) is 4. The third-order valence-corrected chi connectivity index (χ3v) is 4.07. The first-order valence-corrected chi connectivity index (χ1v) is 7.49. The molecule has 1 heterocycles. The van der Waals surface area contributed by atoms with Crippen molar-refractivity contribution in [2.45, 2.75) is 37.5 Å². The smallest absolute Gasteiger partial charge is 0.410 e. The first-order chi connectivity index (χ1) is 7.83. The Morgan fingerprint density at radius 2 is 1.94 bits per heavy atom. The predicted octanol–water partition coefficient (Wildman–Crippen LogP) is 1.81. The minimum atomic E-state index is -4.45. The van der Waals surface area contributed by atoms with Gasteiger partial charge in [0, 0.05) is 17.2 Å². The van der Waals surface area contributed by atoms with Gasteiger partial charge in [-0.25, -0.2) is 22.0 Å². The lowest BCUT2D eigenvalue weighted by molar-refractivity contribution is -0.000365. The molecule has 0 saturated carbocycles. The number of carbonyl (C=O) groups excluding carboxylic acids is 1. The van der Waals surface area contributed by atoms with Crippen LogP contribution in [0.2, 0.25) is 0 Å². The van der Waals surface area contributed by atoms with E-state index in [1.807, 2.05) is 0 Å². The van der Waals surface area contributed by atoms with E-state index in [9.17, 15) is 22.0 Å². The van der Waals surface area contributed by atoms with Crippen LogP contribution < -0.4 is 0 Å². The van der Waals surface area contributed by atoms with Gasteiger partial charge in [0.15, 0.2) is 5.25 Å². The van der Waals surface area contributed by atoms with E-state index < -0.39 is 45.0 Å². The standard InChI is InChI=1S/C9H14ClF2NO4S/c1-8(2,3)17-7(14)13-4-6(18(10,15)16)9(11,12)5-13/h6H,4-5H2,1-3H3. The molecule has 9 heteroatoms. The number of likely N-dealkylation sites (tertiary alicyclic amines) is 1. The van der Waals surface area contributed by atoms with Crippen LogP contribution >= 0.6 is 10.7 Å². The van der Waals surface area contributed by atoms with E-state index >= 15 is 0 Å². The van der Waals surface area contributed by atoms with Crippen molar-refractivity contribution in [1.29, 1.82) is 0 Å². The molecule has 1 unspecified atom stereocenters. The van der Waals surface area contributed by atoms with Gasteiger partial charge in [-0.2, -0.15) is 0 Å². The monoisotopic (exact) mass is 305 g/mol. The molecular weight excluding hydrogens is 292 g/mol. The van der Waals surface area contributed by atoms with E-state index in [4.69, 9.17) is 15.4 Å². The van der Waals surface area contributed by atoms with Crippen LogP contribution in [0, 0.1) is 0 Å². The molecule has 1 amide bonds. The molecule has 0 aromatic rings. The maximum Gasteiger partial charge on any atom is 0.410 e. The number of ether oxygens (including phenoxy) is 1. The Balaban J connectivity index is 2.84. The zero-order chi connectivity index (χ0) is 14.4. The Morgan fingerprint density at radius 3 is 2.28 bits per heavy atom. The van der Waals surface area contributed by atoms with E-state index in [-0.39, 0.29) is 0 Å². The molecule has 5 nitrogen and oxygen atoms in total. The average molecular weight is 306 g/mol. The van der Waals surface area contributed by atoms with Gasteiger partial charge in [-0.3, -0.25) is 0 Å². The second kappa shape index (κ2) is 4.48. The Hall–Kier alpha value is -0.630. The fourth-order valence-corrected chi connectivity index (χ4v) is 2.92. The van der Waals surface area contributed by atoms with Crippen LogP contribution in [-0.4, -0.2) is 49.3 Å². The number of halogens is 3. The molecule has 0 radical (unpaired) electrons. The van der Waals surface area contributed by atoms with Crippen LogP contribution in [0.15, 0.2) is 0 Å². The summed E-state index contributed by atoms with van der Waals surface area (Å²) >= 11 is 0. The number of nitrogens with zero attached hydrogens (tertiary/aromatic N) is 1. The van der Waals surface area contributed by atoms with Gasteiger partial charge in [0.25, 0.3) is 5.92 Å². The molecule has 0 spiro atoms. The number of hydrogen-bond donors (Lipinski definition) is 0. The molecule has 0 aliphatic carbocycles. The summed E-state index contributed by atoms with van der Waals surface area (Å²) < 4.78 is 53.8. The number of amides is 1. The highest BCUT2D eigenvalue weighted by molar-refractivity contribution is 8.14. The van der Waals surface area contributed by atoms with Crippen molar-refractivity contribution in [2.75, 3.05) is 13.1 Å². The van der Waals surface area contributed by atoms with Gasteiger partial charge in [-0.15, -0.1) is 0 Å². The molecule has 1 aliphatic rings. The van der Waals surface area contributed by atoms with Gasteiger partial charge in [-0.1, -0.05) is 0 Å². The number of rotatable bonds is 1. The molecule has 1 fully saturated rings. The normalized spacial score (nSPS) is 24.1. The fourth-order valence-electron chi connectivity index (χ4n) is 1.52. The van der Waals surface area contributed by atoms with Crippen molar-refractivity contribution in [3.05, 3.63) is 0 Å². The first-order valence-electron chi connectivity index (χ1n) is 5.12. The Kier molecular flexibility index (Phi) is 3.84. The lowest BCUT2D eigenvalue weighted by Gasteiger charge is -2.24. The first kappa shape index (κ1) is 15.4. The molecule has 0 aromatic heterocycles. The summed E-state index contributed by atoms with van der Waals surface area (Å²) in [6, 6.07) is 0.